The van der Waals surface area contributed by atoms with E-state index >= 15 is 0 Å². The number of morpholine rings is 1. The highest BCUT2D eigenvalue weighted by molar-refractivity contribution is 5.95. The van der Waals surface area contributed by atoms with Crippen LogP contribution in [0.5, 0.6) is 0 Å². The molecule has 1 aromatic carbocycles. The lowest BCUT2D eigenvalue weighted by molar-refractivity contribution is -0.123. The van der Waals surface area contributed by atoms with E-state index in [2.05, 4.69) is 26.2 Å². The van der Waals surface area contributed by atoms with Crippen LogP contribution in [0.25, 0.3) is 11.4 Å². The molecule has 8 heteroatoms. The van der Waals surface area contributed by atoms with Crippen LogP contribution in [-0.2, 0) is 16.1 Å². The number of anilines is 1. The third-order valence-corrected chi connectivity index (χ3v) is 3.82. The van der Waals surface area contributed by atoms with Crippen molar-refractivity contribution in [3.05, 3.63) is 24.3 Å². The van der Waals surface area contributed by atoms with Crippen LogP contribution in [0.2, 0.25) is 0 Å². The standard InChI is InChI=1S/C15H20N6O2/c1-3-21-14(18-19-20-21)11-5-4-6-12(9-11)17-15(22)13-10(2)23-8-7-16-13/h4-6,9-10,13,16H,3,7-8H2,1-2H3,(H,17,22)/t10-,13+/m1/s1. The smallest absolute Gasteiger partial charge is 0.244 e. The van der Waals surface area contributed by atoms with E-state index in [0.717, 1.165) is 5.56 Å². The summed E-state index contributed by atoms with van der Waals surface area (Å²) in [6.45, 7) is 5.84. The van der Waals surface area contributed by atoms with Crippen molar-refractivity contribution >= 4 is 11.6 Å². The van der Waals surface area contributed by atoms with Crippen molar-refractivity contribution < 1.29 is 9.53 Å². The Kier molecular flexibility index (Phi) is 4.63. The Morgan fingerprint density at radius 2 is 2.39 bits per heavy atom. The van der Waals surface area contributed by atoms with Crippen LogP contribution < -0.4 is 10.6 Å². The van der Waals surface area contributed by atoms with E-state index in [1.165, 1.54) is 0 Å². The van der Waals surface area contributed by atoms with Gasteiger partial charge in [-0.15, -0.1) is 5.10 Å². The molecular weight excluding hydrogens is 296 g/mol. The number of hydrogen-bond acceptors (Lipinski definition) is 6. The van der Waals surface area contributed by atoms with Crippen LogP contribution >= 0.6 is 0 Å². The number of nitrogens with one attached hydrogen (secondary N) is 2. The van der Waals surface area contributed by atoms with Gasteiger partial charge in [-0.2, -0.15) is 0 Å². The topological polar surface area (TPSA) is 94.0 Å². The van der Waals surface area contributed by atoms with E-state index in [1.54, 1.807) is 4.68 Å². The second kappa shape index (κ2) is 6.84. The Morgan fingerprint density at radius 1 is 1.52 bits per heavy atom. The Labute approximate surface area is 134 Å². The number of amides is 1. The van der Waals surface area contributed by atoms with Crippen molar-refractivity contribution in [2.45, 2.75) is 32.5 Å². The molecule has 0 bridgehead atoms. The van der Waals surface area contributed by atoms with Gasteiger partial charge in [-0.05, 0) is 36.4 Å². The first kappa shape index (κ1) is 15.6. The van der Waals surface area contributed by atoms with Gasteiger partial charge in [-0.1, -0.05) is 12.1 Å². The molecule has 122 valence electrons. The molecule has 2 atom stereocenters. The first-order valence-electron chi connectivity index (χ1n) is 7.71. The van der Waals surface area contributed by atoms with E-state index in [4.69, 9.17) is 4.74 Å². The van der Waals surface area contributed by atoms with Crippen LogP contribution in [0.15, 0.2) is 24.3 Å². The van der Waals surface area contributed by atoms with Crippen molar-refractivity contribution in [3.8, 4) is 11.4 Å². The molecule has 0 unspecified atom stereocenters. The number of rotatable bonds is 4. The van der Waals surface area contributed by atoms with Gasteiger partial charge in [0, 0.05) is 24.3 Å². The minimum Gasteiger partial charge on any atom is -0.375 e. The lowest BCUT2D eigenvalue weighted by Gasteiger charge is -2.29. The number of ether oxygens (including phenoxy) is 1. The number of tetrazole rings is 1. The summed E-state index contributed by atoms with van der Waals surface area (Å²) in [6.07, 6.45) is -0.153. The van der Waals surface area contributed by atoms with E-state index in [0.29, 0.717) is 31.2 Å². The number of carbonyl (C=O) groups is 1. The minimum atomic E-state index is -0.353. The molecule has 1 aliphatic heterocycles. The Morgan fingerprint density at radius 3 is 3.17 bits per heavy atom. The van der Waals surface area contributed by atoms with Crippen LogP contribution in [0.1, 0.15) is 13.8 Å². The maximum atomic E-state index is 12.4. The van der Waals surface area contributed by atoms with Gasteiger partial charge in [-0.25, -0.2) is 4.68 Å². The summed E-state index contributed by atoms with van der Waals surface area (Å²) in [5.74, 6) is 0.570. The predicted molar refractivity (Wildman–Crippen MR) is 84.8 cm³/mol. The average molecular weight is 316 g/mol. The normalized spacial score (nSPS) is 21.1. The van der Waals surface area contributed by atoms with Crippen molar-refractivity contribution in [1.29, 1.82) is 0 Å². The van der Waals surface area contributed by atoms with Crippen LogP contribution in [0, 0.1) is 0 Å². The van der Waals surface area contributed by atoms with E-state index in [9.17, 15) is 4.79 Å². The molecule has 1 amide bonds. The molecule has 1 fully saturated rings. The number of carbonyl (C=O) groups excluding carboxylic acids is 1. The Bertz CT molecular complexity index is 686. The van der Waals surface area contributed by atoms with Gasteiger partial charge in [-0.3, -0.25) is 4.79 Å². The lowest BCUT2D eigenvalue weighted by Crippen LogP contribution is -2.53. The number of hydrogen-bond donors (Lipinski definition) is 2. The zero-order chi connectivity index (χ0) is 16.2. The maximum absolute atomic E-state index is 12.4. The monoisotopic (exact) mass is 316 g/mol. The Hall–Kier alpha value is -2.32. The highest BCUT2D eigenvalue weighted by atomic mass is 16.5. The molecule has 1 aromatic heterocycles. The summed E-state index contributed by atoms with van der Waals surface area (Å²) < 4.78 is 7.22. The third kappa shape index (κ3) is 3.38. The van der Waals surface area contributed by atoms with E-state index < -0.39 is 0 Å². The van der Waals surface area contributed by atoms with Crippen molar-refractivity contribution in [3.63, 3.8) is 0 Å². The zero-order valence-electron chi connectivity index (χ0n) is 13.2. The SMILES string of the molecule is CCn1nnnc1-c1cccc(NC(=O)[C@H]2NCCO[C@@H]2C)c1. The quantitative estimate of drug-likeness (QED) is 0.861. The number of nitrogens with zero attached hydrogens (tertiary/aromatic N) is 4. The highest BCUT2D eigenvalue weighted by Gasteiger charge is 2.28. The van der Waals surface area contributed by atoms with Crippen LogP contribution in [0.3, 0.4) is 0 Å². The Balaban J connectivity index is 1.76. The molecule has 1 saturated heterocycles. The summed E-state index contributed by atoms with van der Waals surface area (Å²) in [7, 11) is 0. The number of aryl methyl sites for hydroxylation is 1. The number of benzene rings is 1. The predicted octanol–water partition coefficient (Wildman–Crippen LogP) is 0.675. The van der Waals surface area contributed by atoms with Crippen LogP contribution in [-0.4, -0.2) is 51.4 Å². The summed E-state index contributed by atoms with van der Waals surface area (Å²) >= 11 is 0. The van der Waals surface area contributed by atoms with Gasteiger partial charge in [0.05, 0.1) is 12.7 Å². The van der Waals surface area contributed by atoms with Gasteiger partial charge in [0.2, 0.25) is 5.91 Å². The summed E-state index contributed by atoms with van der Waals surface area (Å²) in [4.78, 5) is 12.4. The largest absolute Gasteiger partial charge is 0.375 e. The fraction of sp³-hybridized carbons (Fsp3) is 0.467. The van der Waals surface area contributed by atoms with Crippen molar-refractivity contribution in [1.82, 2.24) is 25.5 Å². The van der Waals surface area contributed by atoms with Gasteiger partial charge in [0.1, 0.15) is 6.04 Å². The second-order valence-electron chi connectivity index (χ2n) is 5.40. The van der Waals surface area contributed by atoms with Gasteiger partial charge in [0.15, 0.2) is 5.82 Å². The molecule has 0 saturated carbocycles. The van der Waals surface area contributed by atoms with Gasteiger partial charge in [0.25, 0.3) is 0 Å². The van der Waals surface area contributed by atoms with E-state index in [-0.39, 0.29) is 18.1 Å². The second-order valence-corrected chi connectivity index (χ2v) is 5.40. The molecule has 23 heavy (non-hydrogen) atoms. The molecule has 2 aromatic rings. The van der Waals surface area contributed by atoms with E-state index in [1.807, 2.05) is 38.1 Å². The highest BCUT2D eigenvalue weighted by Crippen LogP contribution is 2.20. The molecule has 8 nitrogen and oxygen atoms in total. The molecule has 3 rings (SSSR count). The molecular formula is C15H20N6O2. The molecule has 1 aliphatic rings. The van der Waals surface area contributed by atoms with Gasteiger partial charge < -0.3 is 15.4 Å². The van der Waals surface area contributed by atoms with Gasteiger partial charge >= 0.3 is 0 Å². The molecule has 2 N–H and O–H groups in total. The van der Waals surface area contributed by atoms with Crippen LogP contribution in [0.4, 0.5) is 5.69 Å². The molecule has 0 spiro atoms. The summed E-state index contributed by atoms with van der Waals surface area (Å²) in [5.41, 5.74) is 1.56. The maximum Gasteiger partial charge on any atom is 0.244 e. The lowest BCUT2D eigenvalue weighted by atomic mass is 10.1. The number of aromatic nitrogens is 4. The minimum absolute atomic E-state index is 0.107. The van der Waals surface area contributed by atoms with Crippen molar-refractivity contribution in [2.75, 3.05) is 18.5 Å². The fourth-order valence-corrected chi connectivity index (χ4v) is 2.61. The molecule has 0 aliphatic carbocycles. The fourth-order valence-electron chi connectivity index (χ4n) is 2.61. The summed E-state index contributed by atoms with van der Waals surface area (Å²) in [6, 6.07) is 7.14. The first-order chi connectivity index (χ1) is 11.2. The van der Waals surface area contributed by atoms with Crippen molar-refractivity contribution in [2.24, 2.45) is 0 Å². The first-order valence-corrected chi connectivity index (χ1v) is 7.71. The average Bonchev–Trinajstić information content (AvgIpc) is 3.04. The summed E-state index contributed by atoms with van der Waals surface area (Å²) in [5, 5.41) is 17.8. The zero-order valence-corrected chi connectivity index (χ0v) is 13.2. The third-order valence-electron chi connectivity index (χ3n) is 3.82. The molecule has 2 heterocycles. The molecule has 0 radical (unpaired) electrons.